The van der Waals surface area contributed by atoms with Gasteiger partial charge in [-0.2, -0.15) is 0 Å². The van der Waals surface area contributed by atoms with Crippen molar-refractivity contribution >= 4 is 0 Å². The average molecular weight is 558 g/mol. The fourth-order valence-corrected chi connectivity index (χ4v) is 4.65. The van der Waals surface area contributed by atoms with E-state index in [1.807, 2.05) is 13.8 Å². The number of nitrogens with zero attached hydrogens (tertiary/aromatic N) is 1. The van der Waals surface area contributed by atoms with E-state index in [2.05, 4.69) is 144 Å². The zero-order valence-corrected chi connectivity index (χ0v) is 28.1. The predicted octanol–water partition coefficient (Wildman–Crippen LogP) is 12.5. The Morgan fingerprint density at radius 2 is 0.878 bits per heavy atom. The molecule has 0 aliphatic rings. The van der Waals surface area contributed by atoms with E-state index >= 15 is 0 Å². The van der Waals surface area contributed by atoms with Gasteiger partial charge in [-0.05, 0) is 23.1 Å². The molecule has 1 nitrogen and oxygen atoms in total. The molecule has 0 aromatic heterocycles. The number of hydrogen-bond acceptors (Lipinski definition) is 1. The lowest BCUT2D eigenvalue weighted by molar-refractivity contribution is 0.374. The molecule has 0 N–H and O–H groups in total. The average Bonchev–Trinajstić information content (AvgIpc) is 3.05. The molecule has 0 saturated heterocycles. The minimum absolute atomic E-state index is 0.263. The number of unbranched alkanes of at least 4 members (excludes halogenated alkanes) is 6. The number of benzene rings is 3. The van der Waals surface area contributed by atoms with E-state index in [1.54, 1.807) is 0 Å². The van der Waals surface area contributed by atoms with Crippen molar-refractivity contribution in [3.8, 4) is 0 Å². The highest BCUT2D eigenvalue weighted by atomic mass is 15.1. The van der Waals surface area contributed by atoms with Crippen molar-refractivity contribution in [2.24, 2.45) is 0 Å². The molecule has 1 heteroatoms. The van der Waals surface area contributed by atoms with Gasteiger partial charge in [0.1, 0.15) is 0 Å². The molecule has 3 aromatic carbocycles. The molecule has 0 aliphatic carbocycles. The summed E-state index contributed by atoms with van der Waals surface area (Å²) < 4.78 is 0. The van der Waals surface area contributed by atoms with Crippen LogP contribution in [0.15, 0.2) is 103 Å². The van der Waals surface area contributed by atoms with Gasteiger partial charge in [0.15, 0.2) is 0 Å². The first-order valence-corrected chi connectivity index (χ1v) is 16.6. The molecule has 0 heterocycles. The van der Waals surface area contributed by atoms with Gasteiger partial charge < -0.3 is 4.90 Å². The topological polar surface area (TPSA) is 3.24 Å². The molecule has 0 radical (unpaired) electrons. The zero-order chi connectivity index (χ0) is 30.8. The lowest BCUT2D eigenvalue weighted by Crippen LogP contribution is -2.33. The molecule has 0 unspecified atom stereocenters. The fraction of sp³-hybridized carbons (Fsp3) is 0.500. The molecule has 0 bridgehead atoms. The predicted molar refractivity (Wildman–Crippen MR) is 187 cm³/mol. The van der Waals surface area contributed by atoms with E-state index in [9.17, 15) is 0 Å². The maximum atomic E-state index is 4.49. The Bertz CT molecular complexity index is 859. The molecule has 3 rings (SSSR count). The molecule has 0 fully saturated rings. The van der Waals surface area contributed by atoms with Crippen LogP contribution in [0.2, 0.25) is 0 Å². The Labute approximate surface area is 256 Å². The fourth-order valence-electron chi connectivity index (χ4n) is 4.65. The van der Waals surface area contributed by atoms with Gasteiger partial charge in [0.25, 0.3) is 0 Å². The molecule has 3 aromatic rings. The molecule has 0 amide bonds. The molecule has 0 spiro atoms. The van der Waals surface area contributed by atoms with Crippen LogP contribution in [0.3, 0.4) is 0 Å². The Hall–Kier alpha value is -2.80. The third-order valence-electron chi connectivity index (χ3n) is 7.36. The summed E-state index contributed by atoms with van der Waals surface area (Å²) in [5, 5.41) is 0. The summed E-state index contributed by atoms with van der Waals surface area (Å²) in [6.07, 6.45) is 12.9. The van der Waals surface area contributed by atoms with Gasteiger partial charge >= 0.3 is 0 Å². The standard InChI is InChI=1S/C27H31N.C7H16.C4H10.C2H6/c1-4-5-21-28(3)23(2)22-27(24-15-9-6-10-16-24,25-17-11-7-12-18-25)26-19-13-8-14-20-26;1-3-5-7-6-4-2;1-3-4-2;1-2/h6-20H,2,4-5,21-22H2,1,3H3;3-7H2,1-2H3;3-4H2,1-2H3;1-2H3. The summed E-state index contributed by atoms with van der Waals surface area (Å²) in [5.41, 5.74) is 4.82. The largest absolute Gasteiger partial charge is 0.378 e. The van der Waals surface area contributed by atoms with Gasteiger partial charge in [-0.3, -0.25) is 0 Å². The minimum atomic E-state index is -0.263. The first-order valence-electron chi connectivity index (χ1n) is 16.6. The smallest absolute Gasteiger partial charge is 0.0505 e. The van der Waals surface area contributed by atoms with Crippen LogP contribution in [-0.4, -0.2) is 18.5 Å². The molecule has 41 heavy (non-hydrogen) atoms. The maximum absolute atomic E-state index is 4.49. The van der Waals surface area contributed by atoms with Crippen LogP contribution in [-0.2, 0) is 5.41 Å². The molecule has 228 valence electrons. The van der Waals surface area contributed by atoms with Crippen molar-refractivity contribution in [2.75, 3.05) is 13.6 Å². The van der Waals surface area contributed by atoms with Crippen molar-refractivity contribution in [2.45, 2.75) is 118 Å². The van der Waals surface area contributed by atoms with Crippen LogP contribution in [0.25, 0.3) is 0 Å². The van der Waals surface area contributed by atoms with Crippen molar-refractivity contribution in [3.05, 3.63) is 120 Å². The second-order valence-electron chi connectivity index (χ2n) is 10.6. The molecule has 0 atom stereocenters. The summed E-state index contributed by atoms with van der Waals surface area (Å²) in [4.78, 5) is 2.33. The lowest BCUT2D eigenvalue weighted by atomic mass is 9.66. The van der Waals surface area contributed by atoms with E-state index in [1.165, 1.54) is 80.2 Å². The highest BCUT2D eigenvalue weighted by Gasteiger charge is 2.37. The Balaban J connectivity index is 0.00000104. The monoisotopic (exact) mass is 557 g/mol. The van der Waals surface area contributed by atoms with Crippen LogP contribution in [0.4, 0.5) is 0 Å². The van der Waals surface area contributed by atoms with Crippen LogP contribution >= 0.6 is 0 Å². The first kappa shape index (κ1) is 38.2. The Morgan fingerprint density at radius 3 is 1.17 bits per heavy atom. The van der Waals surface area contributed by atoms with Crippen LogP contribution in [0.1, 0.15) is 129 Å². The summed E-state index contributed by atoms with van der Waals surface area (Å²) >= 11 is 0. The lowest BCUT2D eigenvalue weighted by Gasteiger charge is -2.38. The van der Waals surface area contributed by atoms with Gasteiger partial charge in [0, 0.05) is 25.7 Å². The third kappa shape index (κ3) is 14.1. The van der Waals surface area contributed by atoms with Gasteiger partial charge in [-0.25, -0.2) is 0 Å². The van der Waals surface area contributed by atoms with Crippen molar-refractivity contribution < 1.29 is 0 Å². The number of hydrogen-bond donors (Lipinski definition) is 0. The molecular weight excluding hydrogens is 494 g/mol. The van der Waals surface area contributed by atoms with Crippen LogP contribution in [0.5, 0.6) is 0 Å². The van der Waals surface area contributed by atoms with E-state index in [4.69, 9.17) is 0 Å². The minimum Gasteiger partial charge on any atom is -0.378 e. The van der Waals surface area contributed by atoms with E-state index < -0.39 is 0 Å². The maximum Gasteiger partial charge on any atom is 0.0505 e. The quantitative estimate of drug-likeness (QED) is 0.141. The second-order valence-corrected chi connectivity index (χ2v) is 10.6. The van der Waals surface area contributed by atoms with Crippen molar-refractivity contribution in [1.82, 2.24) is 4.90 Å². The van der Waals surface area contributed by atoms with Crippen LogP contribution < -0.4 is 0 Å². The normalized spacial score (nSPS) is 10.1. The van der Waals surface area contributed by atoms with Gasteiger partial charge in [-0.15, -0.1) is 0 Å². The van der Waals surface area contributed by atoms with Gasteiger partial charge in [0.05, 0.1) is 5.41 Å². The van der Waals surface area contributed by atoms with E-state index in [0.717, 1.165) is 13.0 Å². The highest BCUT2D eigenvalue weighted by molar-refractivity contribution is 5.51. The van der Waals surface area contributed by atoms with Crippen LogP contribution in [0, 0.1) is 0 Å². The second kappa shape index (κ2) is 25.0. The Morgan fingerprint density at radius 1 is 0.537 bits per heavy atom. The molecule has 0 aliphatic heterocycles. The summed E-state index contributed by atoms with van der Waals surface area (Å²) in [5.74, 6) is 0. The zero-order valence-electron chi connectivity index (χ0n) is 28.1. The van der Waals surface area contributed by atoms with Crippen molar-refractivity contribution in [1.29, 1.82) is 0 Å². The Kier molecular flexibility index (Phi) is 23.2. The molecular formula is C40H63N. The van der Waals surface area contributed by atoms with Crippen molar-refractivity contribution in [3.63, 3.8) is 0 Å². The number of allylic oxidation sites excluding steroid dienone is 1. The van der Waals surface area contributed by atoms with E-state index in [-0.39, 0.29) is 5.41 Å². The summed E-state index contributed by atoms with van der Waals surface area (Å²) in [6.45, 7) is 20.6. The third-order valence-corrected chi connectivity index (χ3v) is 7.36. The van der Waals surface area contributed by atoms with E-state index in [0.29, 0.717) is 0 Å². The highest BCUT2D eigenvalue weighted by Crippen LogP contribution is 2.44. The van der Waals surface area contributed by atoms with Gasteiger partial charge in [-0.1, -0.05) is 197 Å². The molecule has 0 saturated carbocycles. The summed E-state index contributed by atoms with van der Waals surface area (Å²) in [7, 11) is 2.17. The summed E-state index contributed by atoms with van der Waals surface area (Å²) in [6, 6.07) is 32.6. The SMILES string of the molecule is C=C(CC(c1ccccc1)(c1ccccc1)c1ccccc1)N(C)CCCC.CC.CCCC.CCCCCCC. The number of rotatable bonds is 14. The van der Waals surface area contributed by atoms with Gasteiger partial charge in [0.2, 0.25) is 0 Å². The first-order chi connectivity index (χ1) is 20.0.